The summed E-state index contributed by atoms with van der Waals surface area (Å²) < 4.78 is 40.4. The van der Waals surface area contributed by atoms with Crippen LogP contribution in [0.2, 0.25) is 5.02 Å². The molecule has 0 atom stereocenters. The molecule has 0 aliphatic rings. The van der Waals surface area contributed by atoms with E-state index in [1.54, 1.807) is 16.7 Å². The summed E-state index contributed by atoms with van der Waals surface area (Å²) in [5, 5.41) is 3.59. The Labute approximate surface area is 161 Å². The van der Waals surface area contributed by atoms with Gasteiger partial charge < -0.3 is 9.55 Å². The molecule has 0 fully saturated rings. The third-order valence-electron chi connectivity index (χ3n) is 4.60. The summed E-state index contributed by atoms with van der Waals surface area (Å²) in [6.07, 6.45) is -5.18. The Bertz CT molecular complexity index is 1210. The normalized spacial score (nSPS) is 12.3. The van der Waals surface area contributed by atoms with Crippen molar-refractivity contribution in [2.24, 2.45) is 0 Å². The van der Waals surface area contributed by atoms with Gasteiger partial charge in [-0.15, -0.1) is 11.3 Å². The molecule has 4 aromatic rings. The van der Waals surface area contributed by atoms with Gasteiger partial charge in [0.05, 0.1) is 27.5 Å². The smallest absolute Gasteiger partial charge is 0.339 e. The third-order valence-corrected chi connectivity index (χ3v) is 5.78. The number of thiophene rings is 1. The zero-order valence-corrected chi connectivity index (χ0v) is 15.7. The van der Waals surface area contributed by atoms with Crippen molar-refractivity contribution >= 4 is 44.7 Å². The molecule has 140 valence electrons. The molecule has 3 aromatic heterocycles. The summed E-state index contributed by atoms with van der Waals surface area (Å²) in [6.45, 7) is 1.69. The lowest BCUT2D eigenvalue weighted by molar-refractivity contribution is -0.136. The largest absolute Gasteiger partial charge is 0.390 e. The Morgan fingerprint density at radius 1 is 1.22 bits per heavy atom. The highest BCUT2D eigenvalue weighted by Gasteiger charge is 2.28. The van der Waals surface area contributed by atoms with E-state index in [-0.39, 0.29) is 17.1 Å². The van der Waals surface area contributed by atoms with Crippen LogP contribution in [0, 0.1) is 6.92 Å². The van der Waals surface area contributed by atoms with Gasteiger partial charge in [-0.1, -0.05) is 17.7 Å². The molecular weight excluding hydrogens is 397 g/mol. The monoisotopic (exact) mass is 410 g/mol. The first-order valence-electron chi connectivity index (χ1n) is 8.21. The molecule has 1 aromatic carbocycles. The number of hydrogen-bond donors (Lipinski definition) is 1. The highest BCUT2D eigenvalue weighted by Crippen LogP contribution is 2.41. The number of rotatable bonds is 3. The fourth-order valence-electron chi connectivity index (χ4n) is 3.55. The minimum absolute atomic E-state index is 0.187. The summed E-state index contributed by atoms with van der Waals surface area (Å²) >= 11 is 7.81. The number of nitrogens with zero attached hydrogens (tertiary/aromatic N) is 1. The maximum absolute atomic E-state index is 12.9. The van der Waals surface area contributed by atoms with E-state index in [1.807, 2.05) is 24.4 Å². The van der Waals surface area contributed by atoms with E-state index >= 15 is 0 Å². The molecule has 8 heteroatoms. The number of nitrogens with one attached hydrogen (secondary N) is 1. The van der Waals surface area contributed by atoms with Crippen molar-refractivity contribution in [3.63, 3.8) is 0 Å². The average Bonchev–Trinajstić information content (AvgIpc) is 3.18. The number of aromatic amines is 1. The van der Waals surface area contributed by atoms with E-state index in [2.05, 4.69) is 4.98 Å². The third kappa shape index (κ3) is 3.15. The molecule has 0 saturated heterocycles. The van der Waals surface area contributed by atoms with Gasteiger partial charge in [0.2, 0.25) is 5.56 Å². The second-order valence-electron chi connectivity index (χ2n) is 6.33. The molecule has 0 aliphatic heterocycles. The minimum atomic E-state index is -4.25. The van der Waals surface area contributed by atoms with Crippen molar-refractivity contribution in [3.8, 4) is 10.6 Å². The zero-order valence-electron chi connectivity index (χ0n) is 14.2. The Hall–Kier alpha value is -2.25. The number of H-pyrrole nitrogens is 1. The molecule has 0 bridgehead atoms. The molecule has 0 spiro atoms. The molecular formula is C19H14ClF3N2OS. The molecule has 27 heavy (non-hydrogen) atoms. The summed E-state index contributed by atoms with van der Waals surface area (Å²) in [5.41, 5.74) is 2.50. The summed E-state index contributed by atoms with van der Waals surface area (Å²) in [7, 11) is 0. The van der Waals surface area contributed by atoms with Crippen molar-refractivity contribution in [3.05, 3.63) is 56.7 Å². The predicted octanol–water partition coefficient (Wildman–Crippen LogP) is 6.13. The van der Waals surface area contributed by atoms with E-state index in [9.17, 15) is 18.0 Å². The first-order chi connectivity index (χ1) is 12.8. The highest BCUT2D eigenvalue weighted by atomic mass is 35.5. The Morgan fingerprint density at radius 3 is 2.67 bits per heavy atom. The number of aryl methyl sites for hydroxylation is 2. The van der Waals surface area contributed by atoms with Gasteiger partial charge in [-0.05, 0) is 36.1 Å². The molecule has 0 radical (unpaired) electrons. The summed E-state index contributed by atoms with van der Waals surface area (Å²) in [6, 6.07) is 8.48. The van der Waals surface area contributed by atoms with E-state index in [0.717, 1.165) is 21.5 Å². The van der Waals surface area contributed by atoms with Crippen LogP contribution < -0.4 is 5.56 Å². The zero-order chi connectivity index (χ0) is 19.3. The van der Waals surface area contributed by atoms with Gasteiger partial charge in [-0.2, -0.15) is 13.2 Å². The quantitative estimate of drug-likeness (QED) is 0.433. The van der Waals surface area contributed by atoms with E-state index in [0.29, 0.717) is 16.4 Å². The van der Waals surface area contributed by atoms with Crippen LogP contribution in [-0.2, 0) is 6.54 Å². The maximum atomic E-state index is 12.9. The number of pyridine rings is 1. The van der Waals surface area contributed by atoms with Gasteiger partial charge in [0, 0.05) is 28.9 Å². The van der Waals surface area contributed by atoms with Crippen molar-refractivity contribution < 1.29 is 13.2 Å². The molecule has 0 aliphatic carbocycles. The first-order valence-corrected chi connectivity index (χ1v) is 9.47. The lowest BCUT2D eigenvalue weighted by Crippen LogP contribution is -2.12. The summed E-state index contributed by atoms with van der Waals surface area (Å²) in [4.78, 5) is 15.4. The van der Waals surface area contributed by atoms with Gasteiger partial charge >= 0.3 is 6.18 Å². The van der Waals surface area contributed by atoms with Crippen LogP contribution in [0.4, 0.5) is 13.2 Å². The lowest BCUT2D eigenvalue weighted by Gasteiger charge is -2.12. The number of fused-ring (bicyclic) bond motifs is 3. The van der Waals surface area contributed by atoms with E-state index in [1.165, 1.54) is 17.4 Å². The standard InChI is InChI=1S/C19H14ClF3N2OS/c1-10-16-13(5-4-12-17(16)11(20)9-15(26)24-12)25(7-6-19(21,22)23)18(10)14-3-2-8-27-14/h2-5,8-9H,6-7H2,1H3,(H,24,26). The van der Waals surface area contributed by atoms with Crippen LogP contribution in [0.25, 0.3) is 32.4 Å². The minimum Gasteiger partial charge on any atom is -0.339 e. The second-order valence-corrected chi connectivity index (χ2v) is 7.69. The molecule has 0 saturated carbocycles. The Morgan fingerprint density at radius 2 is 2.00 bits per heavy atom. The topological polar surface area (TPSA) is 37.8 Å². The fraction of sp³-hybridized carbons (Fsp3) is 0.211. The number of halogens is 4. The van der Waals surface area contributed by atoms with E-state index < -0.39 is 12.6 Å². The Kier molecular flexibility index (Phi) is 4.31. The second kappa shape index (κ2) is 6.42. The predicted molar refractivity (Wildman–Crippen MR) is 104 cm³/mol. The van der Waals surface area contributed by atoms with Crippen molar-refractivity contribution in [2.45, 2.75) is 26.1 Å². The fourth-order valence-corrected chi connectivity index (χ4v) is 4.68. The van der Waals surface area contributed by atoms with Crippen molar-refractivity contribution in [1.29, 1.82) is 0 Å². The number of benzene rings is 1. The van der Waals surface area contributed by atoms with Gasteiger partial charge in [-0.25, -0.2) is 0 Å². The molecule has 3 nitrogen and oxygen atoms in total. The molecule has 1 N–H and O–H groups in total. The van der Waals surface area contributed by atoms with Gasteiger partial charge in [0.1, 0.15) is 0 Å². The van der Waals surface area contributed by atoms with Crippen LogP contribution in [0.3, 0.4) is 0 Å². The van der Waals surface area contributed by atoms with Crippen LogP contribution in [0.1, 0.15) is 12.0 Å². The molecule has 0 amide bonds. The lowest BCUT2D eigenvalue weighted by atomic mass is 10.1. The molecule has 4 rings (SSSR count). The van der Waals surface area contributed by atoms with Crippen molar-refractivity contribution in [2.75, 3.05) is 0 Å². The van der Waals surface area contributed by atoms with Crippen LogP contribution >= 0.6 is 22.9 Å². The van der Waals surface area contributed by atoms with Crippen LogP contribution in [0.15, 0.2) is 40.5 Å². The maximum Gasteiger partial charge on any atom is 0.390 e. The van der Waals surface area contributed by atoms with Crippen LogP contribution in [0.5, 0.6) is 0 Å². The average molecular weight is 411 g/mol. The van der Waals surface area contributed by atoms with Gasteiger partial charge in [0.25, 0.3) is 0 Å². The summed E-state index contributed by atoms with van der Waals surface area (Å²) in [5.74, 6) is 0. The highest BCUT2D eigenvalue weighted by molar-refractivity contribution is 7.13. The molecule has 0 unspecified atom stereocenters. The number of hydrogen-bond acceptors (Lipinski definition) is 2. The molecule has 3 heterocycles. The van der Waals surface area contributed by atoms with Crippen LogP contribution in [-0.4, -0.2) is 15.7 Å². The number of aromatic nitrogens is 2. The number of alkyl halides is 3. The Balaban J connectivity index is 2.09. The van der Waals surface area contributed by atoms with E-state index in [4.69, 9.17) is 11.6 Å². The van der Waals surface area contributed by atoms with Crippen molar-refractivity contribution in [1.82, 2.24) is 9.55 Å². The van der Waals surface area contributed by atoms with Gasteiger partial charge in [-0.3, -0.25) is 4.79 Å². The SMILES string of the molecule is Cc1c(-c2cccs2)n(CCC(F)(F)F)c2ccc3[nH]c(=O)cc(Cl)c3c12. The van der Waals surface area contributed by atoms with Gasteiger partial charge in [0.15, 0.2) is 0 Å². The first kappa shape index (κ1) is 18.1.